The van der Waals surface area contributed by atoms with Gasteiger partial charge in [0.1, 0.15) is 0 Å². The first kappa shape index (κ1) is 21.9. The number of urea groups is 1. The predicted molar refractivity (Wildman–Crippen MR) is 110 cm³/mol. The number of benzene rings is 2. The van der Waals surface area contributed by atoms with Crippen LogP contribution in [0, 0.1) is 0 Å². The lowest BCUT2D eigenvalue weighted by Crippen LogP contribution is -2.34. The van der Waals surface area contributed by atoms with Gasteiger partial charge in [-0.25, -0.2) is 18.4 Å². The zero-order chi connectivity index (χ0) is 20.6. The quantitative estimate of drug-likeness (QED) is 0.596. The number of nitrogens with two attached hydrogens (primary N) is 1. The van der Waals surface area contributed by atoms with Crippen molar-refractivity contribution in [2.75, 3.05) is 13.1 Å². The van der Waals surface area contributed by atoms with Gasteiger partial charge >= 0.3 is 6.03 Å². The molecule has 0 atom stereocenters. The summed E-state index contributed by atoms with van der Waals surface area (Å²) in [5.74, 6) is 0. The third-order valence-electron chi connectivity index (χ3n) is 4.48. The van der Waals surface area contributed by atoms with Crippen LogP contribution in [0.5, 0.6) is 0 Å². The number of sulfonamides is 1. The molecule has 0 unspecified atom stereocenters. The van der Waals surface area contributed by atoms with E-state index in [2.05, 4.69) is 41.5 Å². The highest BCUT2D eigenvalue weighted by atomic mass is 32.2. The molecule has 0 aliphatic heterocycles. The van der Waals surface area contributed by atoms with Gasteiger partial charge in [-0.3, -0.25) is 4.90 Å². The van der Waals surface area contributed by atoms with Crippen molar-refractivity contribution >= 4 is 16.1 Å². The molecule has 0 aromatic heterocycles. The third kappa shape index (κ3) is 6.95. The molecule has 0 heterocycles. The van der Waals surface area contributed by atoms with E-state index in [9.17, 15) is 13.2 Å². The van der Waals surface area contributed by atoms with Gasteiger partial charge in [0.2, 0.25) is 10.0 Å². The highest BCUT2D eigenvalue weighted by molar-refractivity contribution is 7.89. The lowest BCUT2D eigenvalue weighted by molar-refractivity contribution is 0.240. The van der Waals surface area contributed by atoms with Gasteiger partial charge in [0, 0.05) is 19.6 Å². The average Bonchev–Trinajstić information content (AvgIpc) is 2.69. The Kier molecular flexibility index (Phi) is 7.98. The first-order valence-corrected chi connectivity index (χ1v) is 10.8. The summed E-state index contributed by atoms with van der Waals surface area (Å²) in [5, 5.41) is 10.6. The molecule has 0 spiro atoms. The van der Waals surface area contributed by atoms with Gasteiger partial charge in [-0.2, -0.15) is 0 Å². The minimum atomic E-state index is -3.71. The maximum atomic E-state index is 12.0. The number of carbonyl (C=O) groups is 1. The van der Waals surface area contributed by atoms with E-state index in [1.165, 1.54) is 17.7 Å². The fourth-order valence-corrected chi connectivity index (χ4v) is 3.21. The summed E-state index contributed by atoms with van der Waals surface area (Å²) in [6.07, 6.45) is 0. The summed E-state index contributed by atoms with van der Waals surface area (Å²) in [4.78, 5) is 14.4. The third-order valence-corrected chi connectivity index (χ3v) is 5.41. The van der Waals surface area contributed by atoms with Crippen LogP contribution in [0.4, 0.5) is 4.79 Å². The summed E-state index contributed by atoms with van der Waals surface area (Å²) in [6.45, 7) is 7.98. The fourth-order valence-electron chi connectivity index (χ4n) is 2.69. The summed E-state index contributed by atoms with van der Waals surface area (Å²) < 4.78 is 22.5. The number of nitrogens with one attached hydrogen (secondary N) is 2. The second-order valence-electron chi connectivity index (χ2n) is 6.50. The molecule has 0 saturated carbocycles. The molecule has 0 aliphatic carbocycles. The van der Waals surface area contributed by atoms with E-state index in [4.69, 9.17) is 5.14 Å². The van der Waals surface area contributed by atoms with Gasteiger partial charge in [0.15, 0.2) is 0 Å². The highest BCUT2D eigenvalue weighted by Gasteiger charge is 2.07. The minimum absolute atomic E-state index is 0.0464. The van der Waals surface area contributed by atoms with Crippen LogP contribution in [0.2, 0.25) is 0 Å². The molecule has 0 aliphatic rings. The zero-order valence-corrected chi connectivity index (χ0v) is 17.1. The predicted octanol–water partition coefficient (Wildman–Crippen LogP) is 2.18. The molecule has 8 heteroatoms. The Bertz CT molecular complexity index is 861. The summed E-state index contributed by atoms with van der Waals surface area (Å²) >= 11 is 0. The summed E-state index contributed by atoms with van der Waals surface area (Å²) in [7, 11) is -3.71. The molecule has 0 bridgehead atoms. The van der Waals surface area contributed by atoms with E-state index < -0.39 is 10.0 Å². The maximum Gasteiger partial charge on any atom is 0.315 e. The monoisotopic (exact) mass is 404 g/mol. The van der Waals surface area contributed by atoms with Gasteiger partial charge in [0.05, 0.1) is 4.90 Å². The van der Waals surface area contributed by atoms with Gasteiger partial charge in [-0.05, 0) is 41.9 Å². The fraction of sp³-hybridized carbons (Fsp3) is 0.350. The maximum absolute atomic E-state index is 12.0. The Morgan fingerprint density at radius 2 is 1.29 bits per heavy atom. The smallest absolute Gasteiger partial charge is 0.315 e. The van der Waals surface area contributed by atoms with Crippen LogP contribution >= 0.6 is 0 Å². The zero-order valence-electron chi connectivity index (χ0n) is 16.3. The molecular formula is C20H28N4O3S. The lowest BCUT2D eigenvalue weighted by Gasteiger charge is -2.18. The lowest BCUT2D eigenvalue weighted by atomic mass is 10.1. The van der Waals surface area contributed by atoms with Crippen LogP contribution in [0.15, 0.2) is 53.4 Å². The topological polar surface area (TPSA) is 105 Å². The number of hydrogen-bond acceptors (Lipinski definition) is 4. The van der Waals surface area contributed by atoms with Crippen LogP contribution in [-0.4, -0.2) is 32.4 Å². The molecule has 2 aromatic carbocycles. The molecule has 4 N–H and O–H groups in total. The number of hydrogen-bond donors (Lipinski definition) is 3. The Hall–Kier alpha value is -2.42. The Morgan fingerprint density at radius 3 is 1.71 bits per heavy atom. The summed E-state index contributed by atoms with van der Waals surface area (Å²) in [5.41, 5.74) is 3.05. The van der Waals surface area contributed by atoms with Crippen LogP contribution in [0.3, 0.4) is 0 Å². The van der Waals surface area contributed by atoms with E-state index in [0.717, 1.165) is 30.8 Å². The SMILES string of the molecule is CCN(CC)Cc1ccc(CNC(=O)NCc2ccc(S(N)(=O)=O)cc2)cc1. The molecule has 7 nitrogen and oxygen atoms in total. The molecule has 2 amide bonds. The minimum Gasteiger partial charge on any atom is -0.334 e. The molecule has 2 rings (SSSR count). The van der Waals surface area contributed by atoms with E-state index in [1.807, 2.05) is 12.1 Å². The number of primary sulfonamides is 1. The normalized spacial score (nSPS) is 11.4. The molecule has 152 valence electrons. The second kappa shape index (κ2) is 10.2. The van der Waals surface area contributed by atoms with Crippen LogP contribution in [-0.2, 0) is 29.7 Å². The van der Waals surface area contributed by atoms with Crippen molar-refractivity contribution in [2.24, 2.45) is 5.14 Å². The number of nitrogens with zero attached hydrogens (tertiary/aromatic N) is 1. The van der Waals surface area contributed by atoms with Crippen LogP contribution in [0.1, 0.15) is 30.5 Å². The second-order valence-corrected chi connectivity index (χ2v) is 8.06. The van der Waals surface area contributed by atoms with Gasteiger partial charge in [0.25, 0.3) is 0 Å². The van der Waals surface area contributed by atoms with Gasteiger partial charge in [-0.1, -0.05) is 50.2 Å². The molecule has 2 aromatic rings. The first-order valence-electron chi connectivity index (χ1n) is 9.25. The van der Waals surface area contributed by atoms with Crippen molar-refractivity contribution < 1.29 is 13.2 Å². The average molecular weight is 405 g/mol. The Morgan fingerprint density at radius 1 is 0.857 bits per heavy atom. The number of amides is 2. The standard InChI is InChI=1S/C20H28N4O3S/c1-3-24(4-2)15-18-7-5-16(6-8-18)13-22-20(25)23-14-17-9-11-19(12-10-17)28(21,26)27/h5-12H,3-4,13-15H2,1-2H3,(H2,21,26,27)(H2,22,23,25). The molecule has 0 fully saturated rings. The van der Waals surface area contributed by atoms with Crippen molar-refractivity contribution in [3.8, 4) is 0 Å². The highest BCUT2D eigenvalue weighted by Crippen LogP contribution is 2.09. The molecule has 0 radical (unpaired) electrons. The van der Waals surface area contributed by atoms with Crippen molar-refractivity contribution in [1.29, 1.82) is 0 Å². The molecule has 28 heavy (non-hydrogen) atoms. The van der Waals surface area contributed by atoms with Crippen LogP contribution < -0.4 is 15.8 Å². The Labute approximate surface area is 167 Å². The van der Waals surface area contributed by atoms with Gasteiger partial charge < -0.3 is 10.6 Å². The largest absolute Gasteiger partial charge is 0.334 e. The molecular weight excluding hydrogens is 376 g/mol. The molecule has 0 saturated heterocycles. The van der Waals surface area contributed by atoms with Crippen molar-refractivity contribution in [3.63, 3.8) is 0 Å². The van der Waals surface area contributed by atoms with E-state index in [0.29, 0.717) is 13.1 Å². The number of carbonyl (C=O) groups excluding carboxylic acids is 1. The van der Waals surface area contributed by atoms with Crippen molar-refractivity contribution in [2.45, 2.75) is 38.4 Å². The Balaban J connectivity index is 1.78. The van der Waals surface area contributed by atoms with Crippen molar-refractivity contribution in [3.05, 3.63) is 65.2 Å². The van der Waals surface area contributed by atoms with E-state index in [-0.39, 0.29) is 10.9 Å². The van der Waals surface area contributed by atoms with Crippen LogP contribution in [0.25, 0.3) is 0 Å². The summed E-state index contributed by atoms with van der Waals surface area (Å²) in [6, 6.07) is 14.0. The van der Waals surface area contributed by atoms with E-state index >= 15 is 0 Å². The van der Waals surface area contributed by atoms with Gasteiger partial charge in [-0.15, -0.1) is 0 Å². The van der Waals surface area contributed by atoms with E-state index in [1.54, 1.807) is 12.1 Å². The van der Waals surface area contributed by atoms with Crippen molar-refractivity contribution in [1.82, 2.24) is 15.5 Å². The first-order chi connectivity index (χ1) is 13.3. The number of rotatable bonds is 9.